The maximum absolute atomic E-state index is 13.1. The number of hydrogen-bond acceptors (Lipinski definition) is 2. The molecule has 1 rings (SSSR count). The van der Waals surface area contributed by atoms with Gasteiger partial charge >= 0.3 is 0 Å². The summed E-state index contributed by atoms with van der Waals surface area (Å²) in [5.41, 5.74) is 4.27. The highest BCUT2D eigenvalue weighted by atomic mass is 19.2. The summed E-state index contributed by atoms with van der Waals surface area (Å²) >= 11 is 0. The topological polar surface area (TPSA) is 46.2 Å². The van der Waals surface area contributed by atoms with E-state index in [0.29, 0.717) is 0 Å². The van der Waals surface area contributed by atoms with Crippen LogP contribution in [0.3, 0.4) is 0 Å². The second kappa shape index (κ2) is 4.59. The van der Waals surface area contributed by atoms with Crippen LogP contribution < -0.4 is 5.73 Å². The molecule has 0 aromatic heterocycles. The molecule has 0 amide bonds. The molecule has 1 unspecified atom stereocenters. The molecular formula is C9H9F4NO. The molecule has 0 radical (unpaired) electrons. The Morgan fingerprint density at radius 1 is 1.13 bits per heavy atom. The summed E-state index contributed by atoms with van der Waals surface area (Å²) in [7, 11) is 0. The molecule has 0 aliphatic rings. The van der Waals surface area contributed by atoms with Gasteiger partial charge in [0.25, 0.3) is 0 Å². The fourth-order valence-corrected chi connectivity index (χ4v) is 1.23. The van der Waals surface area contributed by atoms with Gasteiger partial charge in [-0.2, -0.15) is 0 Å². The first-order valence-corrected chi connectivity index (χ1v) is 4.16. The number of hydrogen-bond donors (Lipinski definition) is 2. The molecule has 15 heavy (non-hydrogen) atoms. The Balaban J connectivity index is 3.37. The van der Waals surface area contributed by atoms with Gasteiger partial charge in [0.2, 0.25) is 0 Å². The molecule has 0 saturated heterocycles. The summed E-state index contributed by atoms with van der Waals surface area (Å²) in [6.07, 6.45) is 0. The van der Waals surface area contributed by atoms with Gasteiger partial charge in [0, 0.05) is 24.1 Å². The highest BCUT2D eigenvalue weighted by molar-refractivity contribution is 5.26. The van der Waals surface area contributed by atoms with Crippen molar-refractivity contribution in [3.8, 4) is 0 Å². The van der Waals surface area contributed by atoms with E-state index >= 15 is 0 Å². The van der Waals surface area contributed by atoms with Gasteiger partial charge in [-0.15, -0.1) is 0 Å². The van der Waals surface area contributed by atoms with Crippen LogP contribution in [-0.4, -0.2) is 18.3 Å². The summed E-state index contributed by atoms with van der Waals surface area (Å²) in [4.78, 5) is 0. The highest BCUT2D eigenvalue weighted by Gasteiger charge is 2.24. The number of nitrogens with two attached hydrogens (primary N) is 1. The molecule has 1 aromatic rings. The molecule has 0 aliphatic heterocycles. The third-order valence-electron chi connectivity index (χ3n) is 2.06. The molecule has 0 fully saturated rings. The van der Waals surface area contributed by atoms with Crippen molar-refractivity contribution in [2.75, 3.05) is 13.2 Å². The second-order valence-corrected chi connectivity index (χ2v) is 3.00. The quantitative estimate of drug-likeness (QED) is 0.599. The van der Waals surface area contributed by atoms with Crippen molar-refractivity contribution in [1.82, 2.24) is 0 Å². The fourth-order valence-electron chi connectivity index (χ4n) is 1.23. The van der Waals surface area contributed by atoms with Crippen LogP contribution in [0.2, 0.25) is 0 Å². The first-order valence-electron chi connectivity index (χ1n) is 4.16. The maximum atomic E-state index is 13.1. The van der Waals surface area contributed by atoms with E-state index in [0.717, 1.165) is 0 Å². The van der Waals surface area contributed by atoms with Gasteiger partial charge in [-0.1, -0.05) is 0 Å². The van der Waals surface area contributed by atoms with E-state index in [2.05, 4.69) is 0 Å². The molecule has 3 N–H and O–H groups in total. The summed E-state index contributed by atoms with van der Waals surface area (Å²) in [6, 6.07) is 0.110. The van der Waals surface area contributed by atoms with Gasteiger partial charge in [-0.05, 0) is 0 Å². The van der Waals surface area contributed by atoms with E-state index in [4.69, 9.17) is 10.8 Å². The lowest BCUT2D eigenvalue weighted by molar-refractivity contribution is 0.259. The van der Waals surface area contributed by atoms with Crippen LogP contribution in [0.4, 0.5) is 17.6 Å². The van der Waals surface area contributed by atoms with Gasteiger partial charge < -0.3 is 10.8 Å². The summed E-state index contributed by atoms with van der Waals surface area (Å²) < 4.78 is 51.7. The number of benzene rings is 1. The monoisotopic (exact) mass is 223 g/mol. The Morgan fingerprint density at radius 2 is 1.60 bits per heavy atom. The first kappa shape index (κ1) is 11.9. The van der Waals surface area contributed by atoms with Crippen molar-refractivity contribution in [3.63, 3.8) is 0 Å². The molecule has 0 heterocycles. The first-order chi connectivity index (χ1) is 7.02. The van der Waals surface area contributed by atoms with E-state index in [1.165, 1.54) is 0 Å². The second-order valence-electron chi connectivity index (χ2n) is 3.00. The number of aliphatic hydroxyl groups excluding tert-OH is 1. The van der Waals surface area contributed by atoms with E-state index in [-0.39, 0.29) is 12.6 Å². The van der Waals surface area contributed by atoms with Gasteiger partial charge in [0.05, 0.1) is 6.61 Å². The molecule has 6 heteroatoms. The van der Waals surface area contributed by atoms with Crippen LogP contribution in [0.25, 0.3) is 0 Å². The van der Waals surface area contributed by atoms with Crippen molar-refractivity contribution >= 4 is 0 Å². The van der Waals surface area contributed by atoms with Crippen molar-refractivity contribution in [2.24, 2.45) is 5.73 Å². The van der Waals surface area contributed by atoms with Crippen LogP contribution in [0.15, 0.2) is 6.07 Å². The smallest absolute Gasteiger partial charge is 0.165 e. The van der Waals surface area contributed by atoms with E-state index < -0.39 is 41.4 Å². The Hall–Kier alpha value is -1.14. The van der Waals surface area contributed by atoms with Crippen molar-refractivity contribution in [1.29, 1.82) is 0 Å². The van der Waals surface area contributed by atoms with Crippen LogP contribution in [0.1, 0.15) is 11.5 Å². The average molecular weight is 223 g/mol. The number of rotatable bonds is 3. The molecule has 0 aliphatic carbocycles. The fraction of sp³-hybridized carbons (Fsp3) is 0.333. The Kier molecular flexibility index (Phi) is 3.65. The predicted octanol–water partition coefficient (Wildman–Crippen LogP) is 1.28. The molecule has 0 bridgehead atoms. The molecule has 84 valence electrons. The maximum Gasteiger partial charge on any atom is 0.165 e. The normalized spacial score (nSPS) is 12.9. The Morgan fingerprint density at radius 3 is 1.93 bits per heavy atom. The van der Waals surface area contributed by atoms with Gasteiger partial charge in [-0.3, -0.25) is 0 Å². The molecule has 1 aromatic carbocycles. The van der Waals surface area contributed by atoms with Crippen molar-refractivity contribution in [3.05, 3.63) is 34.9 Å². The Bertz CT molecular complexity index is 339. The largest absolute Gasteiger partial charge is 0.396 e. The van der Waals surface area contributed by atoms with Crippen LogP contribution in [0, 0.1) is 23.3 Å². The minimum atomic E-state index is -1.52. The lowest BCUT2D eigenvalue weighted by Gasteiger charge is -2.14. The minimum absolute atomic E-state index is 0.110. The van der Waals surface area contributed by atoms with Crippen LogP contribution in [0.5, 0.6) is 0 Å². The average Bonchev–Trinajstić information content (AvgIpc) is 2.21. The number of aliphatic hydroxyl groups is 1. The van der Waals surface area contributed by atoms with Gasteiger partial charge in [0.15, 0.2) is 23.3 Å². The van der Waals surface area contributed by atoms with Gasteiger partial charge in [-0.25, -0.2) is 17.6 Å². The standard InChI is InChI=1S/C9H9F4NO/c10-5-1-6(11)9(13)7(8(5)12)4(2-14)3-15/h1,4,15H,2-3,14H2. The summed E-state index contributed by atoms with van der Waals surface area (Å²) in [5.74, 6) is -7.20. The SMILES string of the molecule is NCC(CO)c1c(F)c(F)cc(F)c1F. The van der Waals surface area contributed by atoms with Crippen molar-refractivity contribution < 1.29 is 22.7 Å². The van der Waals surface area contributed by atoms with E-state index in [1.54, 1.807) is 0 Å². The van der Waals surface area contributed by atoms with E-state index in [9.17, 15) is 17.6 Å². The van der Waals surface area contributed by atoms with Crippen molar-refractivity contribution in [2.45, 2.75) is 5.92 Å². The minimum Gasteiger partial charge on any atom is -0.396 e. The van der Waals surface area contributed by atoms with E-state index in [1.807, 2.05) is 0 Å². The lowest BCUT2D eigenvalue weighted by Crippen LogP contribution is -2.20. The third kappa shape index (κ3) is 2.10. The summed E-state index contributed by atoms with van der Waals surface area (Å²) in [5, 5.41) is 8.75. The lowest BCUT2D eigenvalue weighted by atomic mass is 9.98. The van der Waals surface area contributed by atoms with Gasteiger partial charge in [0.1, 0.15) is 0 Å². The molecule has 1 atom stereocenters. The summed E-state index contributed by atoms with van der Waals surface area (Å²) in [6.45, 7) is -1.000. The highest BCUT2D eigenvalue weighted by Crippen LogP contribution is 2.25. The van der Waals surface area contributed by atoms with Crippen LogP contribution in [-0.2, 0) is 0 Å². The predicted molar refractivity (Wildman–Crippen MR) is 45.2 cm³/mol. The zero-order valence-corrected chi connectivity index (χ0v) is 7.61. The van der Waals surface area contributed by atoms with Crippen LogP contribution >= 0.6 is 0 Å². The molecular weight excluding hydrogens is 214 g/mol. The third-order valence-corrected chi connectivity index (χ3v) is 2.06. The molecule has 2 nitrogen and oxygen atoms in total. The zero-order valence-electron chi connectivity index (χ0n) is 7.61. The molecule has 0 spiro atoms. The number of halogens is 4. The molecule has 0 saturated carbocycles. The Labute approximate surface area is 83.3 Å². The zero-order chi connectivity index (χ0) is 11.6.